The first kappa shape index (κ1) is 12.5. The van der Waals surface area contributed by atoms with Gasteiger partial charge in [0, 0.05) is 12.8 Å². The Hall–Kier alpha value is -1.56. The van der Waals surface area contributed by atoms with E-state index in [1.807, 2.05) is 6.92 Å². The van der Waals surface area contributed by atoms with Crippen LogP contribution in [-0.2, 0) is 16.0 Å². The van der Waals surface area contributed by atoms with Crippen molar-refractivity contribution >= 4 is 11.7 Å². The van der Waals surface area contributed by atoms with Crippen LogP contribution in [0.2, 0.25) is 0 Å². The van der Waals surface area contributed by atoms with E-state index in [9.17, 15) is 4.79 Å². The Labute approximate surface area is 94.3 Å². The van der Waals surface area contributed by atoms with Gasteiger partial charge >= 0.3 is 5.97 Å². The van der Waals surface area contributed by atoms with Gasteiger partial charge in [0.25, 0.3) is 0 Å². The Balaban J connectivity index is 2.52. The maximum absolute atomic E-state index is 11.2. The molecular weight excluding hydrogens is 210 g/mol. The Morgan fingerprint density at radius 3 is 2.94 bits per heavy atom. The van der Waals surface area contributed by atoms with Gasteiger partial charge in [-0.2, -0.15) is 5.10 Å². The largest absolute Gasteiger partial charge is 0.464 e. The van der Waals surface area contributed by atoms with Gasteiger partial charge < -0.3 is 15.2 Å². The molecule has 0 aliphatic rings. The Kier molecular flexibility index (Phi) is 4.78. The number of methoxy groups -OCH3 is 1. The highest BCUT2D eigenvalue weighted by Gasteiger charge is 2.14. The van der Waals surface area contributed by atoms with Crippen LogP contribution < -0.4 is 5.73 Å². The van der Waals surface area contributed by atoms with Crippen molar-refractivity contribution in [2.75, 3.05) is 26.1 Å². The van der Waals surface area contributed by atoms with Gasteiger partial charge in [0.15, 0.2) is 5.69 Å². The molecule has 0 saturated heterocycles. The van der Waals surface area contributed by atoms with Gasteiger partial charge in [-0.05, 0) is 6.42 Å². The van der Waals surface area contributed by atoms with Crippen molar-refractivity contribution in [2.24, 2.45) is 0 Å². The zero-order chi connectivity index (χ0) is 12.0. The second-order valence-corrected chi connectivity index (χ2v) is 3.30. The van der Waals surface area contributed by atoms with Crippen molar-refractivity contribution in [1.29, 1.82) is 0 Å². The molecule has 2 N–H and O–H groups in total. The molecule has 6 heteroatoms. The SMILES string of the molecule is CCCOCCn1cc(N)c(C(=O)OC)n1. The van der Waals surface area contributed by atoms with Crippen LogP contribution in [0, 0.1) is 0 Å². The summed E-state index contributed by atoms with van der Waals surface area (Å²) in [6.45, 7) is 3.89. The fraction of sp³-hybridized carbons (Fsp3) is 0.600. The number of nitrogens with two attached hydrogens (primary N) is 1. The summed E-state index contributed by atoms with van der Waals surface area (Å²) in [5.41, 5.74) is 6.10. The minimum absolute atomic E-state index is 0.151. The molecule has 16 heavy (non-hydrogen) atoms. The first-order valence-electron chi connectivity index (χ1n) is 5.18. The van der Waals surface area contributed by atoms with Crippen molar-refractivity contribution in [3.8, 4) is 0 Å². The van der Waals surface area contributed by atoms with Gasteiger partial charge in [-0.3, -0.25) is 4.68 Å². The van der Waals surface area contributed by atoms with Gasteiger partial charge in [-0.25, -0.2) is 4.79 Å². The molecule has 0 aliphatic heterocycles. The quantitative estimate of drug-likeness (QED) is 0.571. The number of hydrogen-bond acceptors (Lipinski definition) is 5. The number of nitrogen functional groups attached to an aromatic ring is 1. The predicted octanol–water partition coefficient (Wildman–Crippen LogP) is 0.678. The number of anilines is 1. The van der Waals surface area contributed by atoms with Crippen molar-refractivity contribution < 1.29 is 14.3 Å². The summed E-state index contributed by atoms with van der Waals surface area (Å²) in [5, 5.41) is 4.02. The van der Waals surface area contributed by atoms with E-state index in [2.05, 4.69) is 9.84 Å². The van der Waals surface area contributed by atoms with Crippen molar-refractivity contribution in [1.82, 2.24) is 9.78 Å². The molecule has 0 bridgehead atoms. The maximum Gasteiger partial charge on any atom is 0.360 e. The van der Waals surface area contributed by atoms with Crippen LogP contribution in [0.5, 0.6) is 0 Å². The van der Waals surface area contributed by atoms with E-state index < -0.39 is 5.97 Å². The van der Waals surface area contributed by atoms with Crippen LogP contribution >= 0.6 is 0 Å². The Bertz CT molecular complexity index is 349. The van der Waals surface area contributed by atoms with Gasteiger partial charge in [0.1, 0.15) is 0 Å². The predicted molar refractivity (Wildman–Crippen MR) is 59.1 cm³/mol. The summed E-state index contributed by atoms with van der Waals surface area (Å²) < 4.78 is 11.4. The highest BCUT2D eigenvalue weighted by Crippen LogP contribution is 2.09. The number of carbonyl (C=O) groups is 1. The Morgan fingerprint density at radius 2 is 2.31 bits per heavy atom. The number of rotatable bonds is 6. The minimum Gasteiger partial charge on any atom is -0.464 e. The fourth-order valence-electron chi connectivity index (χ4n) is 1.21. The summed E-state index contributed by atoms with van der Waals surface area (Å²) in [6, 6.07) is 0. The maximum atomic E-state index is 11.2. The molecule has 0 spiro atoms. The smallest absolute Gasteiger partial charge is 0.360 e. The lowest BCUT2D eigenvalue weighted by atomic mass is 10.4. The molecular formula is C10H17N3O3. The van der Waals surface area contributed by atoms with Crippen LogP contribution in [0.4, 0.5) is 5.69 Å². The third-order valence-electron chi connectivity index (χ3n) is 1.98. The lowest BCUT2D eigenvalue weighted by Gasteiger charge is -2.02. The molecule has 6 nitrogen and oxygen atoms in total. The molecule has 0 saturated carbocycles. The normalized spacial score (nSPS) is 10.4. The molecule has 1 rings (SSSR count). The number of nitrogens with zero attached hydrogens (tertiary/aromatic N) is 2. The van der Waals surface area contributed by atoms with Crippen molar-refractivity contribution in [2.45, 2.75) is 19.9 Å². The van der Waals surface area contributed by atoms with Crippen molar-refractivity contribution in [3.05, 3.63) is 11.9 Å². The lowest BCUT2D eigenvalue weighted by Crippen LogP contribution is -2.09. The fourth-order valence-corrected chi connectivity index (χ4v) is 1.21. The summed E-state index contributed by atoms with van der Waals surface area (Å²) in [7, 11) is 1.30. The van der Waals surface area contributed by atoms with E-state index in [4.69, 9.17) is 10.5 Å². The molecule has 1 aromatic rings. The summed E-state index contributed by atoms with van der Waals surface area (Å²) >= 11 is 0. The molecule has 0 radical (unpaired) electrons. The molecule has 0 atom stereocenters. The topological polar surface area (TPSA) is 79.4 Å². The van der Waals surface area contributed by atoms with Gasteiger partial charge in [-0.15, -0.1) is 0 Å². The van der Waals surface area contributed by atoms with Gasteiger partial charge in [0.2, 0.25) is 0 Å². The van der Waals surface area contributed by atoms with Crippen LogP contribution in [0.3, 0.4) is 0 Å². The molecule has 0 unspecified atom stereocenters. The van der Waals surface area contributed by atoms with Gasteiger partial charge in [0.05, 0.1) is 25.9 Å². The first-order valence-corrected chi connectivity index (χ1v) is 5.18. The number of ether oxygens (including phenoxy) is 2. The lowest BCUT2D eigenvalue weighted by molar-refractivity contribution is 0.0593. The van der Waals surface area contributed by atoms with Crippen LogP contribution in [0.1, 0.15) is 23.8 Å². The number of hydrogen-bond donors (Lipinski definition) is 1. The molecule has 0 aromatic carbocycles. The van der Waals surface area contributed by atoms with Crippen LogP contribution in [0.25, 0.3) is 0 Å². The Morgan fingerprint density at radius 1 is 1.56 bits per heavy atom. The summed E-state index contributed by atoms with van der Waals surface area (Å²) in [5.74, 6) is -0.522. The highest BCUT2D eigenvalue weighted by atomic mass is 16.5. The zero-order valence-corrected chi connectivity index (χ0v) is 9.60. The van der Waals surface area contributed by atoms with Gasteiger partial charge in [-0.1, -0.05) is 6.92 Å². The third kappa shape index (κ3) is 3.23. The van der Waals surface area contributed by atoms with E-state index in [0.29, 0.717) is 18.8 Å². The van der Waals surface area contributed by atoms with E-state index >= 15 is 0 Å². The highest BCUT2D eigenvalue weighted by molar-refractivity contribution is 5.92. The van der Waals surface area contributed by atoms with E-state index in [1.54, 1.807) is 10.9 Å². The van der Waals surface area contributed by atoms with Crippen LogP contribution in [0.15, 0.2) is 6.20 Å². The second kappa shape index (κ2) is 6.12. The summed E-state index contributed by atoms with van der Waals surface area (Å²) in [6.07, 6.45) is 2.58. The second-order valence-electron chi connectivity index (χ2n) is 3.30. The average molecular weight is 227 g/mol. The van der Waals surface area contributed by atoms with E-state index in [1.165, 1.54) is 7.11 Å². The summed E-state index contributed by atoms with van der Waals surface area (Å²) in [4.78, 5) is 11.2. The van der Waals surface area contributed by atoms with Crippen molar-refractivity contribution in [3.63, 3.8) is 0 Å². The standard InChI is InChI=1S/C10H17N3O3/c1-3-5-16-6-4-13-7-8(11)9(12-13)10(14)15-2/h7H,3-6,11H2,1-2H3. The average Bonchev–Trinajstić information content (AvgIpc) is 2.65. The zero-order valence-electron chi connectivity index (χ0n) is 9.60. The number of esters is 1. The third-order valence-corrected chi connectivity index (χ3v) is 1.98. The molecule has 90 valence electrons. The number of aromatic nitrogens is 2. The molecule has 0 aliphatic carbocycles. The molecule has 1 aromatic heterocycles. The van der Waals surface area contributed by atoms with E-state index in [-0.39, 0.29) is 5.69 Å². The molecule has 0 fully saturated rings. The molecule has 0 amide bonds. The van der Waals surface area contributed by atoms with Crippen LogP contribution in [-0.4, -0.2) is 36.1 Å². The monoisotopic (exact) mass is 227 g/mol. The van der Waals surface area contributed by atoms with E-state index in [0.717, 1.165) is 13.0 Å². The minimum atomic E-state index is -0.522. The number of carbonyl (C=O) groups excluding carboxylic acids is 1. The molecule has 1 heterocycles. The first-order chi connectivity index (χ1) is 7.69.